The number of nitrogens with two attached hydrogens (primary N) is 1. The van der Waals surface area contributed by atoms with Crippen LogP contribution in [-0.4, -0.2) is 16.9 Å². The van der Waals surface area contributed by atoms with E-state index < -0.39 is 0 Å². The van der Waals surface area contributed by atoms with Gasteiger partial charge in [0.05, 0.1) is 0 Å². The lowest BCUT2D eigenvalue weighted by Crippen LogP contribution is -2.32. The molecule has 1 aliphatic rings. The number of hydrogen-bond acceptors (Lipinski definition) is 3. The fourth-order valence-electron chi connectivity index (χ4n) is 2.92. The third-order valence-corrected chi connectivity index (χ3v) is 4.12. The summed E-state index contributed by atoms with van der Waals surface area (Å²) in [5.74, 6) is 0.263. The minimum Gasteiger partial charge on any atom is -0.352 e. The molecule has 0 bridgehead atoms. The van der Waals surface area contributed by atoms with Crippen LogP contribution in [0.1, 0.15) is 42.5 Å². The van der Waals surface area contributed by atoms with Gasteiger partial charge in [0, 0.05) is 30.3 Å². The number of hydrogen-bond donors (Lipinski definition) is 3. The van der Waals surface area contributed by atoms with Crippen LogP contribution in [0.3, 0.4) is 0 Å². The second-order valence-electron chi connectivity index (χ2n) is 5.78. The summed E-state index contributed by atoms with van der Waals surface area (Å²) in [5, 5.41) is 2.83. The number of amides is 1. The Labute approximate surface area is 119 Å². The van der Waals surface area contributed by atoms with Crippen molar-refractivity contribution in [2.24, 2.45) is 11.7 Å². The Hall–Kier alpha value is -1.62. The van der Waals surface area contributed by atoms with Crippen LogP contribution in [0.4, 0.5) is 0 Å². The van der Waals surface area contributed by atoms with Gasteiger partial charge in [-0.2, -0.15) is 0 Å². The monoisotopic (exact) mass is 277 g/mol. The molecule has 0 spiro atoms. The Morgan fingerprint density at radius 1 is 1.45 bits per heavy atom. The summed E-state index contributed by atoms with van der Waals surface area (Å²) in [5.41, 5.74) is 8.20. The van der Waals surface area contributed by atoms with Gasteiger partial charge in [0.1, 0.15) is 0 Å². The van der Waals surface area contributed by atoms with Gasteiger partial charge in [0.25, 0.3) is 5.56 Å². The molecular weight excluding hydrogens is 254 g/mol. The van der Waals surface area contributed by atoms with Crippen molar-refractivity contribution in [3.63, 3.8) is 0 Å². The van der Waals surface area contributed by atoms with Crippen molar-refractivity contribution in [2.45, 2.75) is 52.1 Å². The molecule has 0 aliphatic heterocycles. The number of aryl methyl sites for hydroxylation is 2. The van der Waals surface area contributed by atoms with E-state index in [1.807, 2.05) is 19.9 Å². The number of pyridine rings is 1. The van der Waals surface area contributed by atoms with Crippen LogP contribution in [0, 0.1) is 19.8 Å². The summed E-state index contributed by atoms with van der Waals surface area (Å²) in [4.78, 5) is 26.5. The maximum absolute atomic E-state index is 11.9. The highest BCUT2D eigenvalue weighted by atomic mass is 16.1. The van der Waals surface area contributed by atoms with Crippen molar-refractivity contribution in [3.8, 4) is 0 Å². The SMILES string of the molecule is Cc1cc(C)c(CNC(=O)C[C@@H]2CCC[C@H]2N)c(=O)[nH]1. The quantitative estimate of drug-likeness (QED) is 0.770. The summed E-state index contributed by atoms with van der Waals surface area (Å²) in [6.45, 7) is 4.01. The molecule has 4 N–H and O–H groups in total. The fourth-order valence-corrected chi connectivity index (χ4v) is 2.92. The molecule has 1 amide bonds. The van der Waals surface area contributed by atoms with E-state index in [9.17, 15) is 9.59 Å². The van der Waals surface area contributed by atoms with Gasteiger partial charge in [-0.15, -0.1) is 0 Å². The van der Waals surface area contributed by atoms with Gasteiger partial charge in [-0.1, -0.05) is 6.42 Å². The van der Waals surface area contributed by atoms with Crippen molar-refractivity contribution in [1.29, 1.82) is 0 Å². The van der Waals surface area contributed by atoms with Crippen LogP contribution in [0.5, 0.6) is 0 Å². The highest BCUT2D eigenvalue weighted by molar-refractivity contribution is 5.76. The number of rotatable bonds is 4. The van der Waals surface area contributed by atoms with Crippen molar-refractivity contribution >= 4 is 5.91 Å². The third-order valence-electron chi connectivity index (χ3n) is 4.12. The summed E-state index contributed by atoms with van der Waals surface area (Å²) >= 11 is 0. The fraction of sp³-hybridized carbons (Fsp3) is 0.600. The van der Waals surface area contributed by atoms with Crippen LogP contribution in [-0.2, 0) is 11.3 Å². The Balaban J connectivity index is 1.92. The topological polar surface area (TPSA) is 88.0 Å². The van der Waals surface area contributed by atoms with Gasteiger partial charge in [0.15, 0.2) is 0 Å². The Bertz CT molecular complexity index is 551. The molecule has 110 valence electrons. The molecule has 0 aromatic carbocycles. The maximum atomic E-state index is 11.9. The molecule has 2 atom stereocenters. The lowest BCUT2D eigenvalue weighted by molar-refractivity contribution is -0.122. The third kappa shape index (κ3) is 3.48. The zero-order valence-electron chi connectivity index (χ0n) is 12.2. The molecule has 5 nitrogen and oxygen atoms in total. The highest BCUT2D eigenvalue weighted by Gasteiger charge is 2.25. The summed E-state index contributed by atoms with van der Waals surface area (Å²) in [6, 6.07) is 2.06. The predicted molar refractivity (Wildman–Crippen MR) is 78.3 cm³/mol. The van der Waals surface area contributed by atoms with Crippen LogP contribution < -0.4 is 16.6 Å². The van der Waals surface area contributed by atoms with E-state index in [2.05, 4.69) is 10.3 Å². The highest BCUT2D eigenvalue weighted by Crippen LogP contribution is 2.26. The van der Waals surface area contributed by atoms with Crippen LogP contribution in [0.2, 0.25) is 0 Å². The number of aromatic amines is 1. The molecule has 0 unspecified atom stereocenters. The molecule has 0 radical (unpaired) electrons. The molecule has 1 aromatic rings. The van der Waals surface area contributed by atoms with Crippen molar-refractivity contribution in [3.05, 3.63) is 33.2 Å². The van der Waals surface area contributed by atoms with Gasteiger partial charge >= 0.3 is 0 Å². The van der Waals surface area contributed by atoms with Crippen LogP contribution >= 0.6 is 0 Å². The summed E-state index contributed by atoms with van der Waals surface area (Å²) in [7, 11) is 0. The number of nitrogens with one attached hydrogen (secondary N) is 2. The van der Waals surface area contributed by atoms with Gasteiger partial charge in [-0.05, 0) is 44.2 Å². The van der Waals surface area contributed by atoms with E-state index in [1.165, 1.54) is 0 Å². The molecule has 1 fully saturated rings. The first-order chi connectivity index (χ1) is 9.47. The molecule has 5 heteroatoms. The van der Waals surface area contributed by atoms with E-state index in [0.717, 1.165) is 30.5 Å². The minimum absolute atomic E-state index is 0.0216. The second kappa shape index (κ2) is 6.22. The predicted octanol–water partition coefficient (Wildman–Crippen LogP) is 1.13. The first-order valence-corrected chi connectivity index (χ1v) is 7.19. The lowest BCUT2D eigenvalue weighted by atomic mass is 10.00. The van der Waals surface area contributed by atoms with E-state index in [0.29, 0.717) is 12.0 Å². The average molecular weight is 277 g/mol. The van der Waals surface area contributed by atoms with E-state index in [1.54, 1.807) is 0 Å². The number of aromatic nitrogens is 1. The van der Waals surface area contributed by atoms with Crippen molar-refractivity contribution in [1.82, 2.24) is 10.3 Å². The van der Waals surface area contributed by atoms with Crippen molar-refractivity contribution in [2.75, 3.05) is 0 Å². The number of carbonyl (C=O) groups excluding carboxylic acids is 1. The number of H-pyrrole nitrogens is 1. The van der Waals surface area contributed by atoms with Crippen LogP contribution in [0.25, 0.3) is 0 Å². The van der Waals surface area contributed by atoms with Gasteiger partial charge in [-0.25, -0.2) is 0 Å². The Morgan fingerprint density at radius 2 is 2.20 bits per heavy atom. The maximum Gasteiger partial charge on any atom is 0.253 e. The van der Waals surface area contributed by atoms with Crippen molar-refractivity contribution < 1.29 is 4.79 Å². The summed E-state index contributed by atoms with van der Waals surface area (Å²) in [6.07, 6.45) is 3.60. The van der Waals surface area contributed by atoms with Gasteiger partial charge < -0.3 is 16.0 Å². The average Bonchev–Trinajstić information content (AvgIpc) is 2.73. The zero-order valence-corrected chi connectivity index (χ0v) is 12.2. The van der Waals surface area contributed by atoms with E-state index >= 15 is 0 Å². The molecule has 0 saturated heterocycles. The smallest absolute Gasteiger partial charge is 0.253 e. The molecule has 20 heavy (non-hydrogen) atoms. The van der Waals surface area contributed by atoms with Crippen LogP contribution in [0.15, 0.2) is 10.9 Å². The standard InChI is InChI=1S/C15H23N3O2/c1-9-6-10(2)18-15(20)12(9)8-17-14(19)7-11-4-3-5-13(11)16/h6,11,13H,3-5,7-8,16H2,1-2H3,(H,17,19)(H,18,20)/t11-,13+/m0/s1. The molecule has 1 saturated carbocycles. The molecule has 1 aromatic heterocycles. The lowest BCUT2D eigenvalue weighted by Gasteiger charge is -2.15. The largest absolute Gasteiger partial charge is 0.352 e. The van der Waals surface area contributed by atoms with Gasteiger partial charge in [-0.3, -0.25) is 9.59 Å². The van der Waals surface area contributed by atoms with E-state index in [-0.39, 0.29) is 30.0 Å². The first kappa shape index (κ1) is 14.8. The normalized spacial score (nSPS) is 21.9. The number of carbonyl (C=O) groups is 1. The molecule has 1 heterocycles. The zero-order chi connectivity index (χ0) is 14.7. The summed E-state index contributed by atoms with van der Waals surface area (Å²) < 4.78 is 0. The Morgan fingerprint density at radius 3 is 2.80 bits per heavy atom. The molecular formula is C15H23N3O2. The first-order valence-electron chi connectivity index (χ1n) is 7.19. The molecule has 1 aliphatic carbocycles. The Kier molecular flexibility index (Phi) is 4.60. The second-order valence-corrected chi connectivity index (χ2v) is 5.78. The van der Waals surface area contributed by atoms with Gasteiger partial charge in [0.2, 0.25) is 5.91 Å². The van der Waals surface area contributed by atoms with E-state index in [4.69, 9.17) is 5.73 Å². The minimum atomic E-state index is -0.125. The molecule has 2 rings (SSSR count).